The Labute approximate surface area is 131 Å². The molecule has 114 valence electrons. The van der Waals surface area contributed by atoms with Crippen LogP contribution < -0.4 is 5.73 Å². The van der Waals surface area contributed by atoms with Gasteiger partial charge in [-0.1, -0.05) is 6.92 Å². The van der Waals surface area contributed by atoms with Crippen molar-refractivity contribution in [2.75, 3.05) is 13.6 Å². The summed E-state index contributed by atoms with van der Waals surface area (Å²) in [5, 5.41) is 2.16. The van der Waals surface area contributed by atoms with Crippen molar-refractivity contribution in [1.29, 1.82) is 0 Å². The number of pyridine rings is 1. The highest BCUT2D eigenvalue weighted by atomic mass is 32.1. The van der Waals surface area contributed by atoms with Crippen LogP contribution in [0.3, 0.4) is 0 Å². The number of rotatable bonds is 7. The van der Waals surface area contributed by atoms with Crippen molar-refractivity contribution in [2.24, 2.45) is 5.73 Å². The van der Waals surface area contributed by atoms with Crippen LogP contribution in [0.25, 0.3) is 0 Å². The van der Waals surface area contributed by atoms with Crippen LogP contribution in [0, 0.1) is 6.92 Å². The molecule has 0 saturated heterocycles. The van der Waals surface area contributed by atoms with E-state index in [0.29, 0.717) is 6.04 Å². The van der Waals surface area contributed by atoms with Crippen LogP contribution in [0.2, 0.25) is 0 Å². The van der Waals surface area contributed by atoms with Crippen molar-refractivity contribution in [3.63, 3.8) is 0 Å². The van der Waals surface area contributed by atoms with Crippen LogP contribution in [0.1, 0.15) is 35.4 Å². The molecule has 0 aliphatic rings. The number of thiophene rings is 1. The highest BCUT2D eigenvalue weighted by Gasteiger charge is 2.25. The molecule has 0 spiro atoms. The molecule has 4 heteroatoms. The summed E-state index contributed by atoms with van der Waals surface area (Å²) >= 11 is 1.82. The molecule has 2 atom stereocenters. The van der Waals surface area contributed by atoms with Crippen LogP contribution in [0.15, 0.2) is 36.0 Å². The predicted octanol–water partition coefficient (Wildman–Crippen LogP) is 3.40. The van der Waals surface area contributed by atoms with E-state index in [9.17, 15) is 0 Å². The topological polar surface area (TPSA) is 42.1 Å². The largest absolute Gasteiger partial charge is 0.326 e. The summed E-state index contributed by atoms with van der Waals surface area (Å²) in [6.45, 7) is 5.34. The fourth-order valence-corrected chi connectivity index (χ4v) is 3.79. The lowest BCUT2D eigenvalue weighted by Gasteiger charge is -2.32. The van der Waals surface area contributed by atoms with Gasteiger partial charge in [0, 0.05) is 29.9 Å². The number of nitrogens with two attached hydrogens (primary N) is 1. The Morgan fingerprint density at radius 2 is 2.00 bits per heavy atom. The Hall–Kier alpha value is -1.23. The fourth-order valence-electron chi connectivity index (χ4n) is 2.63. The van der Waals surface area contributed by atoms with E-state index < -0.39 is 0 Å². The smallest absolute Gasteiger partial charge is 0.0593 e. The summed E-state index contributed by atoms with van der Waals surface area (Å²) in [6.07, 6.45) is 5.72. The first kappa shape index (κ1) is 16.1. The summed E-state index contributed by atoms with van der Waals surface area (Å²) in [7, 11) is 2.18. The summed E-state index contributed by atoms with van der Waals surface area (Å²) in [6, 6.07) is 6.82. The van der Waals surface area contributed by atoms with Gasteiger partial charge < -0.3 is 5.73 Å². The maximum absolute atomic E-state index is 6.40. The third kappa shape index (κ3) is 4.13. The Balaban J connectivity index is 2.08. The van der Waals surface area contributed by atoms with Gasteiger partial charge in [-0.3, -0.25) is 9.88 Å². The SMILES string of the molecule is CCC(N)C(c1sccc1C)N(C)CCc1ccncc1. The average molecular weight is 303 g/mol. The molecule has 2 heterocycles. The molecule has 0 amide bonds. The zero-order valence-corrected chi connectivity index (χ0v) is 13.9. The molecule has 0 bridgehead atoms. The van der Waals surface area contributed by atoms with E-state index in [1.54, 1.807) is 0 Å². The van der Waals surface area contributed by atoms with E-state index in [4.69, 9.17) is 5.73 Å². The molecule has 0 aromatic carbocycles. The monoisotopic (exact) mass is 303 g/mol. The van der Waals surface area contributed by atoms with Gasteiger partial charge in [-0.25, -0.2) is 0 Å². The van der Waals surface area contributed by atoms with Crippen molar-refractivity contribution < 1.29 is 0 Å². The van der Waals surface area contributed by atoms with Crippen LogP contribution >= 0.6 is 11.3 Å². The van der Waals surface area contributed by atoms with E-state index in [1.807, 2.05) is 23.7 Å². The molecular formula is C17H25N3S. The van der Waals surface area contributed by atoms with Crippen LogP contribution in [-0.4, -0.2) is 29.5 Å². The Bertz CT molecular complexity index is 538. The maximum atomic E-state index is 6.40. The van der Waals surface area contributed by atoms with Gasteiger partial charge in [-0.05, 0) is 61.5 Å². The molecule has 0 radical (unpaired) electrons. The van der Waals surface area contributed by atoms with E-state index >= 15 is 0 Å². The lowest BCUT2D eigenvalue weighted by atomic mass is 10.0. The highest BCUT2D eigenvalue weighted by Crippen LogP contribution is 2.31. The number of aromatic nitrogens is 1. The van der Waals surface area contributed by atoms with Crippen LogP contribution in [0.5, 0.6) is 0 Å². The van der Waals surface area contributed by atoms with Gasteiger partial charge in [0.1, 0.15) is 0 Å². The second kappa shape index (κ2) is 7.69. The molecule has 2 N–H and O–H groups in total. The number of hydrogen-bond donors (Lipinski definition) is 1. The van der Waals surface area contributed by atoms with E-state index in [0.717, 1.165) is 19.4 Å². The normalized spacial score (nSPS) is 14.3. The Morgan fingerprint density at radius 1 is 1.29 bits per heavy atom. The number of likely N-dealkylation sites (N-methyl/N-ethyl adjacent to an activating group) is 1. The average Bonchev–Trinajstić information content (AvgIpc) is 2.92. The summed E-state index contributed by atoms with van der Waals surface area (Å²) in [5.74, 6) is 0. The van der Waals surface area contributed by atoms with Crippen molar-refractivity contribution in [1.82, 2.24) is 9.88 Å². The molecule has 0 saturated carbocycles. The van der Waals surface area contributed by atoms with Crippen LogP contribution in [-0.2, 0) is 6.42 Å². The summed E-state index contributed by atoms with van der Waals surface area (Å²) in [4.78, 5) is 7.87. The lowest BCUT2D eigenvalue weighted by molar-refractivity contribution is 0.214. The summed E-state index contributed by atoms with van der Waals surface area (Å²) in [5.41, 5.74) is 9.08. The first-order valence-corrected chi connectivity index (χ1v) is 8.40. The van der Waals surface area contributed by atoms with Gasteiger partial charge in [0.25, 0.3) is 0 Å². The number of hydrogen-bond acceptors (Lipinski definition) is 4. The minimum atomic E-state index is 0.171. The molecular weight excluding hydrogens is 278 g/mol. The fraction of sp³-hybridized carbons (Fsp3) is 0.471. The Kier molecular flexibility index (Phi) is 5.91. The zero-order valence-electron chi connectivity index (χ0n) is 13.1. The summed E-state index contributed by atoms with van der Waals surface area (Å²) < 4.78 is 0. The van der Waals surface area contributed by atoms with E-state index in [-0.39, 0.29) is 6.04 Å². The number of nitrogens with zero attached hydrogens (tertiary/aromatic N) is 2. The Morgan fingerprint density at radius 3 is 2.57 bits per heavy atom. The van der Waals surface area contributed by atoms with Gasteiger partial charge in [0.15, 0.2) is 0 Å². The van der Waals surface area contributed by atoms with E-state index in [1.165, 1.54) is 16.0 Å². The van der Waals surface area contributed by atoms with Crippen molar-refractivity contribution in [3.8, 4) is 0 Å². The molecule has 2 rings (SSSR count). The third-order valence-corrected chi connectivity index (χ3v) is 5.11. The molecule has 0 aliphatic carbocycles. The minimum absolute atomic E-state index is 0.171. The first-order chi connectivity index (χ1) is 10.1. The molecule has 0 aliphatic heterocycles. The highest BCUT2D eigenvalue weighted by molar-refractivity contribution is 7.10. The quantitative estimate of drug-likeness (QED) is 0.852. The van der Waals surface area contributed by atoms with Crippen molar-refractivity contribution in [3.05, 3.63) is 52.0 Å². The molecule has 0 fully saturated rings. The predicted molar refractivity (Wildman–Crippen MR) is 90.6 cm³/mol. The zero-order chi connectivity index (χ0) is 15.2. The standard InChI is InChI=1S/C17H25N3S/c1-4-15(18)16(17-13(2)8-12-21-17)20(3)11-7-14-5-9-19-10-6-14/h5-6,8-10,12,15-16H,4,7,11,18H2,1-3H3. The first-order valence-electron chi connectivity index (χ1n) is 7.52. The minimum Gasteiger partial charge on any atom is -0.326 e. The molecule has 3 nitrogen and oxygen atoms in total. The second-order valence-corrected chi connectivity index (χ2v) is 6.52. The second-order valence-electron chi connectivity index (χ2n) is 5.57. The lowest BCUT2D eigenvalue weighted by Crippen LogP contribution is -2.39. The maximum Gasteiger partial charge on any atom is 0.0593 e. The van der Waals surface area contributed by atoms with E-state index in [2.05, 4.69) is 54.4 Å². The van der Waals surface area contributed by atoms with Crippen molar-refractivity contribution in [2.45, 2.75) is 38.8 Å². The van der Waals surface area contributed by atoms with Crippen LogP contribution in [0.4, 0.5) is 0 Å². The molecule has 2 unspecified atom stereocenters. The molecule has 2 aromatic rings. The number of aryl methyl sites for hydroxylation is 1. The van der Waals surface area contributed by atoms with Gasteiger partial charge in [-0.2, -0.15) is 0 Å². The third-order valence-electron chi connectivity index (χ3n) is 4.02. The van der Waals surface area contributed by atoms with Gasteiger partial charge in [0.05, 0.1) is 6.04 Å². The van der Waals surface area contributed by atoms with Gasteiger partial charge in [-0.15, -0.1) is 11.3 Å². The van der Waals surface area contributed by atoms with Gasteiger partial charge in [0.2, 0.25) is 0 Å². The van der Waals surface area contributed by atoms with Gasteiger partial charge >= 0.3 is 0 Å². The molecule has 21 heavy (non-hydrogen) atoms. The molecule has 2 aromatic heterocycles. The van der Waals surface area contributed by atoms with Crippen molar-refractivity contribution >= 4 is 11.3 Å².